The third-order valence-electron chi connectivity index (χ3n) is 4.59. The first-order valence-corrected chi connectivity index (χ1v) is 10.1. The van der Waals surface area contributed by atoms with Crippen LogP contribution in [0.25, 0.3) is 0 Å². The lowest BCUT2D eigenvalue weighted by atomic mass is 10.0. The first-order valence-electron chi connectivity index (χ1n) is 8.32. The van der Waals surface area contributed by atoms with Gasteiger partial charge in [-0.1, -0.05) is 54.3 Å². The van der Waals surface area contributed by atoms with Gasteiger partial charge in [0.15, 0.2) is 0 Å². The summed E-state index contributed by atoms with van der Waals surface area (Å²) in [5, 5.41) is 0.542. The lowest BCUT2D eigenvalue weighted by molar-refractivity contribution is 0.329. The summed E-state index contributed by atoms with van der Waals surface area (Å²) in [7, 11) is -3.53. The van der Waals surface area contributed by atoms with Gasteiger partial charge in [0.25, 0.3) is 0 Å². The molecule has 2 aromatic carbocycles. The van der Waals surface area contributed by atoms with Gasteiger partial charge in [0.1, 0.15) is 0 Å². The second-order valence-electron chi connectivity index (χ2n) is 6.35. The minimum Gasteiger partial charge on any atom is -0.207 e. The number of halogens is 1. The second kappa shape index (κ2) is 7.26. The topological polar surface area (TPSA) is 37.4 Å². The predicted molar refractivity (Wildman–Crippen MR) is 97.7 cm³/mol. The van der Waals surface area contributed by atoms with Gasteiger partial charge < -0.3 is 0 Å². The molecule has 1 saturated heterocycles. The third-order valence-corrected chi connectivity index (χ3v) is 6.76. The molecule has 1 heterocycles. The van der Waals surface area contributed by atoms with Crippen LogP contribution in [-0.4, -0.2) is 19.3 Å². The van der Waals surface area contributed by atoms with Crippen molar-refractivity contribution in [3.8, 4) is 0 Å². The Morgan fingerprint density at radius 1 is 0.958 bits per heavy atom. The number of rotatable bonds is 3. The molecule has 1 aliphatic rings. The summed E-state index contributed by atoms with van der Waals surface area (Å²) in [5.74, 6) is 0. The lowest BCUT2D eigenvalue weighted by Gasteiger charge is -2.29. The van der Waals surface area contributed by atoms with E-state index in [1.54, 1.807) is 28.6 Å². The minimum absolute atomic E-state index is 0.103. The van der Waals surface area contributed by atoms with Crippen molar-refractivity contribution in [2.75, 3.05) is 6.54 Å². The fourth-order valence-corrected chi connectivity index (χ4v) is 5.04. The summed E-state index contributed by atoms with van der Waals surface area (Å²) >= 11 is 5.90. The van der Waals surface area contributed by atoms with Crippen LogP contribution in [0, 0.1) is 6.92 Å². The molecular formula is C19H22ClNO2S. The third kappa shape index (κ3) is 3.66. The lowest BCUT2D eigenvalue weighted by Crippen LogP contribution is -2.34. The van der Waals surface area contributed by atoms with Crippen molar-refractivity contribution >= 4 is 21.6 Å². The Hall–Kier alpha value is -1.36. The molecule has 0 aromatic heterocycles. The van der Waals surface area contributed by atoms with E-state index in [1.165, 1.54) is 5.56 Å². The Morgan fingerprint density at radius 2 is 1.62 bits per heavy atom. The van der Waals surface area contributed by atoms with E-state index in [1.807, 2.05) is 19.1 Å². The fourth-order valence-electron chi connectivity index (χ4n) is 3.23. The number of hydrogen-bond acceptors (Lipinski definition) is 2. The van der Waals surface area contributed by atoms with E-state index < -0.39 is 10.0 Å². The highest BCUT2D eigenvalue weighted by molar-refractivity contribution is 7.89. The molecule has 0 bridgehead atoms. The van der Waals surface area contributed by atoms with Crippen LogP contribution in [0.3, 0.4) is 0 Å². The Labute approximate surface area is 149 Å². The van der Waals surface area contributed by atoms with Crippen molar-refractivity contribution in [3.05, 3.63) is 64.7 Å². The molecule has 0 spiro atoms. The highest BCUT2D eigenvalue weighted by atomic mass is 35.5. The van der Waals surface area contributed by atoms with Gasteiger partial charge in [0.2, 0.25) is 10.0 Å². The van der Waals surface area contributed by atoms with Gasteiger partial charge in [-0.3, -0.25) is 0 Å². The van der Waals surface area contributed by atoms with Crippen LogP contribution < -0.4 is 0 Å². The Bertz CT molecular complexity index is 785. The minimum atomic E-state index is -3.53. The van der Waals surface area contributed by atoms with E-state index in [2.05, 4.69) is 12.1 Å². The number of benzene rings is 2. The van der Waals surface area contributed by atoms with E-state index >= 15 is 0 Å². The van der Waals surface area contributed by atoms with Crippen LogP contribution in [0.15, 0.2) is 53.4 Å². The van der Waals surface area contributed by atoms with E-state index in [9.17, 15) is 8.42 Å². The molecule has 1 atom stereocenters. The van der Waals surface area contributed by atoms with Crippen molar-refractivity contribution in [2.45, 2.75) is 43.5 Å². The monoisotopic (exact) mass is 363 g/mol. The van der Waals surface area contributed by atoms with Gasteiger partial charge in [-0.2, -0.15) is 4.31 Å². The van der Waals surface area contributed by atoms with Crippen LogP contribution in [-0.2, 0) is 10.0 Å². The zero-order valence-electron chi connectivity index (χ0n) is 13.8. The molecular weight excluding hydrogens is 342 g/mol. The summed E-state index contributed by atoms with van der Waals surface area (Å²) in [4.78, 5) is 0.311. The van der Waals surface area contributed by atoms with E-state index in [-0.39, 0.29) is 6.04 Å². The van der Waals surface area contributed by atoms with Crippen molar-refractivity contribution in [1.29, 1.82) is 0 Å². The first-order chi connectivity index (χ1) is 11.5. The van der Waals surface area contributed by atoms with Gasteiger partial charge in [0.05, 0.1) is 10.9 Å². The van der Waals surface area contributed by atoms with Gasteiger partial charge >= 0.3 is 0 Å². The molecule has 1 fully saturated rings. The normalized spacial score (nSPS) is 19.8. The van der Waals surface area contributed by atoms with Crippen LogP contribution in [0.4, 0.5) is 0 Å². The largest absolute Gasteiger partial charge is 0.243 e. The molecule has 3 rings (SSSR count). The van der Waals surface area contributed by atoms with Crippen LogP contribution in [0.1, 0.15) is 42.9 Å². The van der Waals surface area contributed by atoms with Crippen molar-refractivity contribution in [3.63, 3.8) is 0 Å². The van der Waals surface area contributed by atoms with E-state index in [4.69, 9.17) is 11.6 Å². The molecule has 0 unspecified atom stereocenters. The number of sulfonamides is 1. The molecule has 1 aliphatic heterocycles. The molecule has 0 radical (unpaired) electrons. The summed E-state index contributed by atoms with van der Waals surface area (Å²) in [6.07, 6.45) is 3.87. The van der Waals surface area contributed by atoms with Crippen molar-refractivity contribution < 1.29 is 8.42 Å². The zero-order chi connectivity index (χ0) is 17.2. The van der Waals surface area contributed by atoms with Crippen molar-refractivity contribution in [2.24, 2.45) is 0 Å². The maximum atomic E-state index is 13.2. The van der Waals surface area contributed by atoms with Gasteiger partial charge in [-0.05, 0) is 49.6 Å². The molecule has 0 N–H and O–H groups in total. The van der Waals surface area contributed by atoms with Crippen LogP contribution >= 0.6 is 11.6 Å². The molecule has 2 aromatic rings. The second-order valence-corrected chi connectivity index (χ2v) is 8.67. The Morgan fingerprint density at radius 3 is 2.29 bits per heavy atom. The molecule has 0 aliphatic carbocycles. The Kier molecular flexibility index (Phi) is 5.28. The van der Waals surface area contributed by atoms with Crippen LogP contribution in [0.2, 0.25) is 5.02 Å². The quantitative estimate of drug-likeness (QED) is 0.773. The summed E-state index contributed by atoms with van der Waals surface area (Å²) in [6.45, 7) is 2.60. The number of aryl methyl sites for hydroxylation is 1. The molecule has 128 valence electrons. The molecule has 3 nitrogen and oxygen atoms in total. The Balaban J connectivity index is 2.00. The van der Waals surface area contributed by atoms with Gasteiger partial charge in [0, 0.05) is 11.6 Å². The summed E-state index contributed by atoms with van der Waals surface area (Å²) in [5.41, 5.74) is 2.25. The maximum Gasteiger partial charge on any atom is 0.243 e. The average Bonchev–Trinajstić information content (AvgIpc) is 2.82. The van der Waals surface area contributed by atoms with E-state index in [0.717, 1.165) is 31.2 Å². The molecule has 5 heteroatoms. The molecule has 0 amide bonds. The van der Waals surface area contributed by atoms with Gasteiger partial charge in [-0.25, -0.2) is 8.42 Å². The van der Waals surface area contributed by atoms with E-state index in [0.29, 0.717) is 16.5 Å². The highest BCUT2D eigenvalue weighted by Gasteiger charge is 2.33. The standard InChI is InChI=1S/C19H22ClNO2S/c1-15-6-8-16(9-7-15)19-5-3-2-4-14-21(19)24(22,23)18-12-10-17(20)11-13-18/h6-13,19H,2-5,14H2,1H3/t19-/m1/s1. The summed E-state index contributed by atoms with van der Waals surface area (Å²) in [6, 6.07) is 14.5. The predicted octanol–water partition coefficient (Wildman–Crippen LogP) is 4.95. The first kappa shape index (κ1) is 17.5. The fraction of sp³-hybridized carbons (Fsp3) is 0.368. The highest BCUT2D eigenvalue weighted by Crippen LogP contribution is 2.35. The van der Waals surface area contributed by atoms with Crippen LogP contribution in [0.5, 0.6) is 0 Å². The number of nitrogens with zero attached hydrogens (tertiary/aromatic N) is 1. The molecule has 0 saturated carbocycles. The SMILES string of the molecule is Cc1ccc([C@H]2CCCCCN2S(=O)(=O)c2ccc(Cl)cc2)cc1. The average molecular weight is 364 g/mol. The van der Waals surface area contributed by atoms with Crippen molar-refractivity contribution in [1.82, 2.24) is 4.31 Å². The number of hydrogen-bond donors (Lipinski definition) is 0. The maximum absolute atomic E-state index is 13.2. The molecule has 24 heavy (non-hydrogen) atoms. The zero-order valence-corrected chi connectivity index (χ0v) is 15.4. The summed E-state index contributed by atoms with van der Waals surface area (Å²) < 4.78 is 28.0. The smallest absolute Gasteiger partial charge is 0.207 e. The van der Waals surface area contributed by atoms with Gasteiger partial charge in [-0.15, -0.1) is 0 Å².